The molecule has 39 heavy (non-hydrogen) atoms. The first kappa shape index (κ1) is 28.5. The Hall–Kier alpha value is -3.50. The molecule has 0 aliphatic carbocycles. The number of rotatable bonds is 10. The Balaban J connectivity index is 1.57. The number of nitrogen functional groups attached to an aromatic ring is 1. The van der Waals surface area contributed by atoms with Gasteiger partial charge in [-0.05, 0) is 39.0 Å². The summed E-state index contributed by atoms with van der Waals surface area (Å²) in [5.74, 6) is 1.92. The van der Waals surface area contributed by atoms with Crippen LogP contribution >= 0.6 is 7.75 Å². The van der Waals surface area contributed by atoms with Gasteiger partial charge in [0.15, 0.2) is 11.8 Å². The van der Waals surface area contributed by atoms with Gasteiger partial charge in [0.05, 0.1) is 18.1 Å². The molecule has 0 spiro atoms. The number of para-hydroxylation sites is 1. The highest BCUT2D eigenvalue weighted by Crippen LogP contribution is 2.47. The molecule has 0 saturated carbocycles. The summed E-state index contributed by atoms with van der Waals surface area (Å²) in [6.45, 7) is 4.25. The predicted molar refractivity (Wildman–Crippen MR) is 140 cm³/mol. The molecular weight excluding hydrogens is 529 g/mol. The zero-order valence-corrected chi connectivity index (χ0v) is 22.4. The maximum Gasteiger partial charge on any atom is 0.459 e. The van der Waals surface area contributed by atoms with Crippen LogP contribution in [-0.2, 0) is 23.4 Å². The summed E-state index contributed by atoms with van der Waals surface area (Å²) in [4.78, 5) is 20.5. The van der Waals surface area contributed by atoms with Gasteiger partial charge in [0.1, 0.15) is 41.8 Å². The molecule has 3 aromatic rings. The van der Waals surface area contributed by atoms with Crippen LogP contribution in [0.5, 0.6) is 5.75 Å². The first-order chi connectivity index (χ1) is 18.5. The first-order valence-electron chi connectivity index (χ1n) is 12.1. The van der Waals surface area contributed by atoms with Gasteiger partial charge in [-0.2, -0.15) is 5.09 Å². The van der Waals surface area contributed by atoms with Crippen molar-refractivity contribution >= 4 is 30.6 Å². The van der Waals surface area contributed by atoms with Crippen LogP contribution in [0.25, 0.3) is 11.0 Å². The summed E-state index contributed by atoms with van der Waals surface area (Å²) in [7, 11) is -4.27. The van der Waals surface area contributed by atoms with Crippen LogP contribution in [0.3, 0.4) is 0 Å². The maximum atomic E-state index is 13.8. The predicted octanol–water partition coefficient (Wildman–Crippen LogP) is 1.77. The van der Waals surface area contributed by atoms with Gasteiger partial charge in [-0.1, -0.05) is 24.1 Å². The lowest BCUT2D eigenvalue weighted by molar-refractivity contribution is -0.149. The Labute approximate surface area is 224 Å². The summed E-state index contributed by atoms with van der Waals surface area (Å²) in [5.41, 5.74) is 4.00. The molecule has 1 aliphatic rings. The highest BCUT2D eigenvalue weighted by molar-refractivity contribution is 7.52. The number of benzene rings is 1. The minimum absolute atomic E-state index is 0.194. The molecule has 0 bridgehead atoms. The number of esters is 1. The fraction of sp³-hybridized carbons (Fsp3) is 0.400. The maximum absolute atomic E-state index is 13.8. The summed E-state index contributed by atoms with van der Waals surface area (Å²) in [6.07, 6.45) is 3.75. The Morgan fingerprint density at radius 3 is 2.69 bits per heavy atom. The van der Waals surface area contributed by atoms with Crippen molar-refractivity contribution in [1.82, 2.24) is 19.6 Å². The van der Waals surface area contributed by atoms with E-state index in [2.05, 4.69) is 21.0 Å². The van der Waals surface area contributed by atoms with E-state index in [-0.39, 0.29) is 11.6 Å². The number of nitrogens with two attached hydrogens (primary N) is 1. The lowest BCUT2D eigenvalue weighted by atomic mass is 9.95. The minimum Gasteiger partial charge on any atom is -0.462 e. The third-order valence-corrected chi connectivity index (χ3v) is 7.59. The fourth-order valence-corrected chi connectivity index (χ4v) is 5.53. The van der Waals surface area contributed by atoms with E-state index >= 15 is 0 Å². The fourth-order valence-electron chi connectivity index (χ4n) is 4.02. The van der Waals surface area contributed by atoms with E-state index in [1.165, 1.54) is 24.0 Å². The monoisotopic (exact) mass is 559 g/mol. The molecule has 1 fully saturated rings. The van der Waals surface area contributed by atoms with Crippen molar-refractivity contribution in [3.05, 3.63) is 48.9 Å². The smallest absolute Gasteiger partial charge is 0.459 e. The quantitative estimate of drug-likeness (QED) is 0.161. The molecule has 0 amide bonds. The molecule has 1 unspecified atom stereocenters. The summed E-state index contributed by atoms with van der Waals surface area (Å²) in [6, 6.07) is 8.70. The number of anilines is 1. The van der Waals surface area contributed by atoms with Crippen molar-refractivity contribution in [1.29, 1.82) is 0 Å². The number of carbonyl (C=O) groups is 1. The van der Waals surface area contributed by atoms with E-state index in [1.54, 1.807) is 50.2 Å². The number of ether oxygens (including phenoxy) is 2. The average molecular weight is 560 g/mol. The van der Waals surface area contributed by atoms with E-state index in [0.29, 0.717) is 11.0 Å². The molecule has 5 N–H and O–H groups in total. The van der Waals surface area contributed by atoms with Crippen molar-refractivity contribution < 1.29 is 38.1 Å². The molecule has 13 nitrogen and oxygen atoms in total. The second-order valence-corrected chi connectivity index (χ2v) is 10.9. The number of nitrogens with zero attached hydrogens (tertiary/aromatic N) is 3. The van der Waals surface area contributed by atoms with Gasteiger partial charge in [-0.25, -0.2) is 14.5 Å². The van der Waals surface area contributed by atoms with Crippen LogP contribution in [0, 0.1) is 12.3 Å². The van der Waals surface area contributed by atoms with Gasteiger partial charge < -0.3 is 34.5 Å². The summed E-state index contributed by atoms with van der Waals surface area (Å²) in [5, 5.41) is 25.2. The molecule has 1 saturated heterocycles. The molecule has 208 valence electrons. The molecule has 2 aromatic heterocycles. The second kappa shape index (κ2) is 11.3. The van der Waals surface area contributed by atoms with Crippen LogP contribution < -0.4 is 15.3 Å². The highest BCUT2D eigenvalue weighted by Gasteiger charge is 2.56. The number of aromatic nitrogens is 3. The van der Waals surface area contributed by atoms with Gasteiger partial charge in [0.2, 0.25) is 0 Å². The number of aliphatic hydroxyl groups excluding tert-OH is 1. The SMILES string of the molecule is C#C[C@@]1(O)[C@H](O)[C@@H](COP(=O)(N[C@H](C)C(=O)OC(C)C)Oc2ccccc2)O[C@H]1n1ccc2c(N)ncnc21. The van der Waals surface area contributed by atoms with Gasteiger partial charge >= 0.3 is 13.7 Å². The number of hydrogen-bond donors (Lipinski definition) is 4. The number of hydrogen-bond acceptors (Lipinski definition) is 11. The van der Waals surface area contributed by atoms with E-state index in [1.807, 2.05) is 0 Å². The largest absolute Gasteiger partial charge is 0.462 e. The zero-order chi connectivity index (χ0) is 28.4. The van der Waals surface area contributed by atoms with Crippen molar-refractivity contribution in [3.63, 3.8) is 0 Å². The minimum atomic E-state index is -4.27. The van der Waals surface area contributed by atoms with Crippen molar-refractivity contribution in [2.24, 2.45) is 0 Å². The van der Waals surface area contributed by atoms with Gasteiger partial charge in [-0.15, -0.1) is 6.42 Å². The normalized spacial score (nSPS) is 25.2. The molecule has 14 heteroatoms. The van der Waals surface area contributed by atoms with E-state index in [0.717, 1.165) is 0 Å². The lowest BCUT2D eigenvalue weighted by Crippen LogP contribution is -2.46. The second-order valence-electron chi connectivity index (χ2n) is 9.19. The summed E-state index contributed by atoms with van der Waals surface area (Å²) < 4.78 is 37.5. The first-order valence-corrected chi connectivity index (χ1v) is 13.6. The Kier molecular flexibility index (Phi) is 8.27. The third-order valence-electron chi connectivity index (χ3n) is 5.94. The van der Waals surface area contributed by atoms with E-state index < -0.39 is 56.5 Å². The molecular formula is C25H30N5O8P. The Bertz CT molecular complexity index is 1410. The standard InChI is InChI=1S/C25H30N5O8P/c1-5-25(33)20(31)19(37-24(25)30-12-11-18-21(26)27-14-28-22(18)30)13-35-39(34,38-17-9-7-6-8-10-17)29-16(4)23(32)36-15(2)3/h1,6-12,14-16,19-20,24,31,33H,13H2,2-4H3,(H,29,34)(H2,26,27,28)/t16-,19-,20-,24-,25-,39?/m1/s1. The number of fused-ring (bicyclic) bond motifs is 1. The molecule has 6 atom stereocenters. The van der Waals surface area contributed by atoms with Crippen LogP contribution in [0.15, 0.2) is 48.9 Å². The topological polar surface area (TPSA) is 180 Å². The summed E-state index contributed by atoms with van der Waals surface area (Å²) >= 11 is 0. The molecule has 3 heterocycles. The highest BCUT2D eigenvalue weighted by atomic mass is 31.2. The van der Waals surface area contributed by atoms with Crippen LogP contribution in [0.4, 0.5) is 5.82 Å². The van der Waals surface area contributed by atoms with Crippen molar-refractivity contribution in [2.75, 3.05) is 12.3 Å². The Morgan fingerprint density at radius 1 is 1.31 bits per heavy atom. The van der Waals surface area contributed by atoms with Gasteiger partial charge in [-0.3, -0.25) is 9.32 Å². The van der Waals surface area contributed by atoms with Crippen molar-refractivity contribution in [3.8, 4) is 18.1 Å². The number of nitrogens with one attached hydrogen (secondary N) is 1. The average Bonchev–Trinajstić information content (AvgIpc) is 3.43. The molecule has 4 rings (SSSR count). The number of aliphatic hydroxyl groups is 2. The van der Waals surface area contributed by atoms with Crippen LogP contribution in [0.1, 0.15) is 27.0 Å². The van der Waals surface area contributed by atoms with Gasteiger partial charge in [0, 0.05) is 6.20 Å². The third kappa shape index (κ3) is 5.91. The van der Waals surface area contributed by atoms with Crippen LogP contribution in [0.2, 0.25) is 0 Å². The van der Waals surface area contributed by atoms with Crippen molar-refractivity contribution in [2.45, 2.75) is 57.0 Å². The van der Waals surface area contributed by atoms with Gasteiger partial charge in [0.25, 0.3) is 0 Å². The number of carbonyl (C=O) groups excluding carboxylic acids is 1. The lowest BCUT2D eigenvalue weighted by Gasteiger charge is -2.26. The molecule has 1 aliphatic heterocycles. The molecule has 1 aromatic carbocycles. The number of terminal acetylenes is 1. The molecule has 0 radical (unpaired) electrons. The van der Waals surface area contributed by atoms with Crippen LogP contribution in [-0.4, -0.2) is 67.3 Å². The van der Waals surface area contributed by atoms with E-state index in [4.69, 9.17) is 30.7 Å². The zero-order valence-electron chi connectivity index (χ0n) is 21.5. The Morgan fingerprint density at radius 2 is 2.03 bits per heavy atom. The van der Waals surface area contributed by atoms with E-state index in [9.17, 15) is 19.6 Å².